The Morgan fingerprint density at radius 1 is 1.25 bits per heavy atom. The zero-order valence-corrected chi connectivity index (χ0v) is 12.5. The minimum atomic E-state index is -4.65. The van der Waals surface area contributed by atoms with Crippen molar-refractivity contribution in [3.05, 3.63) is 53.7 Å². The number of halogens is 3. The molecule has 0 saturated carbocycles. The molecule has 9 heteroatoms. The highest BCUT2D eigenvalue weighted by Crippen LogP contribution is 2.36. The number of pyridine rings is 1. The van der Waals surface area contributed by atoms with Crippen molar-refractivity contribution in [3.8, 4) is 11.3 Å². The minimum absolute atomic E-state index is 0.0290. The largest absolute Gasteiger partial charge is 0.434 e. The second-order valence-corrected chi connectivity index (χ2v) is 5.00. The fourth-order valence-corrected chi connectivity index (χ4v) is 2.04. The molecule has 3 aromatic heterocycles. The van der Waals surface area contributed by atoms with Crippen molar-refractivity contribution >= 4 is 5.95 Å². The number of rotatable bonds is 4. The number of anilines is 1. The lowest BCUT2D eigenvalue weighted by atomic mass is 10.1. The molecular weight excluding hydrogens is 323 g/mol. The van der Waals surface area contributed by atoms with E-state index in [4.69, 9.17) is 4.52 Å². The van der Waals surface area contributed by atoms with E-state index in [1.54, 1.807) is 31.5 Å². The third kappa shape index (κ3) is 3.50. The summed E-state index contributed by atoms with van der Waals surface area (Å²) in [6, 6.07) is 4.92. The molecule has 124 valence electrons. The van der Waals surface area contributed by atoms with Crippen molar-refractivity contribution in [1.82, 2.24) is 20.1 Å². The average Bonchev–Trinajstić information content (AvgIpc) is 2.99. The van der Waals surface area contributed by atoms with Crippen LogP contribution in [0.2, 0.25) is 0 Å². The number of nitrogens with one attached hydrogen (secondary N) is 1. The maximum absolute atomic E-state index is 13.3. The van der Waals surface area contributed by atoms with Gasteiger partial charge >= 0.3 is 6.18 Å². The summed E-state index contributed by atoms with van der Waals surface area (Å²) in [5.74, 6) is -0.162. The predicted octanol–water partition coefficient (Wildman–Crippen LogP) is 3.47. The first-order valence-corrected chi connectivity index (χ1v) is 6.94. The van der Waals surface area contributed by atoms with Crippen molar-refractivity contribution in [3.63, 3.8) is 0 Å². The van der Waals surface area contributed by atoms with Gasteiger partial charge in [0.05, 0.1) is 11.3 Å². The molecule has 0 aliphatic rings. The van der Waals surface area contributed by atoms with Gasteiger partial charge in [-0.3, -0.25) is 4.98 Å². The van der Waals surface area contributed by atoms with Crippen LogP contribution in [0.15, 0.2) is 41.3 Å². The number of alkyl halides is 3. The van der Waals surface area contributed by atoms with Gasteiger partial charge in [0.15, 0.2) is 11.5 Å². The van der Waals surface area contributed by atoms with Crippen molar-refractivity contribution < 1.29 is 17.7 Å². The third-order valence-electron chi connectivity index (χ3n) is 3.12. The van der Waals surface area contributed by atoms with Crippen molar-refractivity contribution in [2.75, 3.05) is 5.32 Å². The summed E-state index contributed by atoms with van der Waals surface area (Å²) in [5, 5.41) is 6.34. The SMILES string of the molecule is Cc1cc(-c2cnc(NCc3cccnc3)nc2C(F)(F)F)on1. The summed E-state index contributed by atoms with van der Waals surface area (Å²) in [6.45, 7) is 1.87. The first-order chi connectivity index (χ1) is 11.4. The van der Waals surface area contributed by atoms with Crippen LogP contribution >= 0.6 is 0 Å². The van der Waals surface area contributed by atoms with Crippen molar-refractivity contribution in [2.45, 2.75) is 19.6 Å². The topological polar surface area (TPSA) is 76.7 Å². The molecule has 1 N–H and O–H groups in total. The maximum atomic E-state index is 13.3. The number of aromatic nitrogens is 4. The molecule has 0 aliphatic heterocycles. The quantitative estimate of drug-likeness (QED) is 0.787. The highest BCUT2D eigenvalue weighted by atomic mass is 19.4. The van der Waals surface area contributed by atoms with Gasteiger partial charge in [0.25, 0.3) is 0 Å². The first-order valence-electron chi connectivity index (χ1n) is 6.94. The Morgan fingerprint density at radius 2 is 2.08 bits per heavy atom. The monoisotopic (exact) mass is 335 g/mol. The second-order valence-electron chi connectivity index (χ2n) is 5.00. The van der Waals surface area contributed by atoms with Crippen LogP contribution < -0.4 is 5.32 Å². The van der Waals surface area contributed by atoms with Gasteiger partial charge in [-0.15, -0.1) is 0 Å². The summed E-state index contributed by atoms with van der Waals surface area (Å²) in [5.41, 5.74) is -0.0705. The molecule has 0 atom stereocenters. The molecule has 0 bridgehead atoms. The van der Waals surface area contributed by atoms with Crippen LogP contribution in [0.3, 0.4) is 0 Å². The van der Waals surface area contributed by atoms with Gasteiger partial charge < -0.3 is 9.84 Å². The summed E-state index contributed by atoms with van der Waals surface area (Å²) in [6.07, 6.45) is -0.371. The van der Waals surface area contributed by atoms with E-state index in [1.807, 2.05) is 0 Å². The molecule has 6 nitrogen and oxygen atoms in total. The lowest BCUT2D eigenvalue weighted by molar-refractivity contribution is -0.140. The average molecular weight is 335 g/mol. The molecule has 3 rings (SSSR count). The smallest absolute Gasteiger partial charge is 0.356 e. The molecule has 0 aliphatic carbocycles. The van der Waals surface area contributed by atoms with E-state index in [2.05, 4.69) is 25.4 Å². The van der Waals surface area contributed by atoms with Gasteiger partial charge in [-0.05, 0) is 18.6 Å². The highest BCUT2D eigenvalue weighted by Gasteiger charge is 2.37. The van der Waals surface area contributed by atoms with Crippen LogP contribution in [0.4, 0.5) is 19.1 Å². The third-order valence-corrected chi connectivity index (χ3v) is 3.12. The van der Waals surface area contributed by atoms with Crippen LogP contribution in [0.5, 0.6) is 0 Å². The molecule has 3 heterocycles. The van der Waals surface area contributed by atoms with Crippen LogP contribution in [-0.2, 0) is 12.7 Å². The highest BCUT2D eigenvalue weighted by molar-refractivity contribution is 5.61. The normalized spacial score (nSPS) is 11.5. The van der Waals surface area contributed by atoms with Gasteiger partial charge in [0.1, 0.15) is 0 Å². The van der Waals surface area contributed by atoms with Crippen LogP contribution in [0.25, 0.3) is 11.3 Å². The number of aryl methyl sites for hydroxylation is 1. The molecule has 0 saturated heterocycles. The van der Waals surface area contributed by atoms with Gasteiger partial charge in [0, 0.05) is 31.2 Å². The van der Waals surface area contributed by atoms with Gasteiger partial charge in [-0.1, -0.05) is 11.2 Å². The van der Waals surface area contributed by atoms with Gasteiger partial charge in [-0.25, -0.2) is 9.97 Å². The standard InChI is InChI=1S/C15H12F3N5O/c1-9-5-12(24-23-9)11-8-21-14(22-13(11)15(16,17)18)20-7-10-3-2-4-19-6-10/h2-6,8H,7H2,1H3,(H,20,21,22). The Labute approximate surface area is 134 Å². The van der Waals surface area contributed by atoms with E-state index in [-0.39, 0.29) is 23.8 Å². The van der Waals surface area contributed by atoms with E-state index in [9.17, 15) is 13.2 Å². The molecule has 0 amide bonds. The zero-order chi connectivity index (χ0) is 17.2. The fourth-order valence-electron chi connectivity index (χ4n) is 2.04. The number of hydrogen-bond acceptors (Lipinski definition) is 6. The summed E-state index contributed by atoms with van der Waals surface area (Å²) in [4.78, 5) is 11.4. The number of nitrogens with zero attached hydrogens (tertiary/aromatic N) is 4. The molecular formula is C15H12F3N5O. The second kappa shape index (κ2) is 6.26. The van der Waals surface area contributed by atoms with Crippen LogP contribution in [-0.4, -0.2) is 20.1 Å². The summed E-state index contributed by atoms with van der Waals surface area (Å²) < 4.78 is 44.8. The predicted molar refractivity (Wildman–Crippen MR) is 78.8 cm³/mol. The van der Waals surface area contributed by atoms with E-state index in [0.717, 1.165) is 11.8 Å². The first kappa shape index (κ1) is 15.9. The Bertz CT molecular complexity index is 833. The summed E-state index contributed by atoms with van der Waals surface area (Å²) in [7, 11) is 0. The van der Waals surface area contributed by atoms with Gasteiger partial charge in [0.2, 0.25) is 5.95 Å². The molecule has 0 aromatic carbocycles. The zero-order valence-electron chi connectivity index (χ0n) is 12.5. The Hall–Kier alpha value is -2.97. The maximum Gasteiger partial charge on any atom is 0.434 e. The van der Waals surface area contributed by atoms with Crippen LogP contribution in [0, 0.1) is 6.92 Å². The van der Waals surface area contributed by atoms with E-state index in [1.165, 1.54) is 6.07 Å². The van der Waals surface area contributed by atoms with Crippen molar-refractivity contribution in [2.24, 2.45) is 0 Å². The Morgan fingerprint density at radius 3 is 2.71 bits per heavy atom. The molecule has 24 heavy (non-hydrogen) atoms. The lowest BCUT2D eigenvalue weighted by Gasteiger charge is -2.12. The fraction of sp³-hybridized carbons (Fsp3) is 0.200. The Balaban J connectivity index is 1.90. The molecule has 0 unspecified atom stereocenters. The molecule has 0 radical (unpaired) electrons. The minimum Gasteiger partial charge on any atom is -0.356 e. The van der Waals surface area contributed by atoms with E-state index < -0.39 is 11.9 Å². The summed E-state index contributed by atoms with van der Waals surface area (Å²) >= 11 is 0. The Kier molecular flexibility index (Phi) is 4.15. The van der Waals surface area contributed by atoms with E-state index >= 15 is 0 Å². The number of hydrogen-bond donors (Lipinski definition) is 1. The lowest BCUT2D eigenvalue weighted by Crippen LogP contribution is -2.13. The molecule has 3 aromatic rings. The van der Waals surface area contributed by atoms with Crippen LogP contribution in [0.1, 0.15) is 17.0 Å². The van der Waals surface area contributed by atoms with Crippen molar-refractivity contribution in [1.29, 1.82) is 0 Å². The molecule has 0 fully saturated rings. The molecule has 0 spiro atoms. The van der Waals surface area contributed by atoms with E-state index in [0.29, 0.717) is 5.69 Å². The van der Waals surface area contributed by atoms with Gasteiger partial charge in [-0.2, -0.15) is 13.2 Å².